The number of benzene rings is 1. The van der Waals surface area contributed by atoms with E-state index < -0.39 is 0 Å². The van der Waals surface area contributed by atoms with Crippen molar-refractivity contribution in [3.63, 3.8) is 0 Å². The zero-order chi connectivity index (χ0) is 15.8. The SMILES string of the molecule is CC(C)C(=CC#N)c1ccc2c(c1)C(C)(C)CCC2(C)C. The van der Waals surface area contributed by atoms with Crippen molar-refractivity contribution in [2.75, 3.05) is 0 Å². The molecular formula is C20H27N. The average molecular weight is 281 g/mol. The molecule has 0 atom stereocenters. The molecule has 0 saturated carbocycles. The van der Waals surface area contributed by atoms with Crippen LogP contribution in [0.1, 0.15) is 71.1 Å². The highest BCUT2D eigenvalue weighted by Gasteiger charge is 2.37. The van der Waals surface area contributed by atoms with Crippen molar-refractivity contribution in [1.82, 2.24) is 0 Å². The molecule has 1 aliphatic rings. The third kappa shape index (κ3) is 2.91. The first-order chi connectivity index (χ1) is 9.69. The second-order valence-corrected chi connectivity index (χ2v) is 7.91. The highest BCUT2D eigenvalue weighted by Crippen LogP contribution is 2.46. The van der Waals surface area contributed by atoms with Gasteiger partial charge in [0.25, 0.3) is 0 Å². The molecule has 1 heteroatoms. The van der Waals surface area contributed by atoms with Gasteiger partial charge in [-0.25, -0.2) is 0 Å². The quantitative estimate of drug-likeness (QED) is 0.647. The molecule has 0 N–H and O–H groups in total. The molecule has 0 bridgehead atoms. The van der Waals surface area contributed by atoms with Crippen LogP contribution < -0.4 is 0 Å². The Balaban J connectivity index is 2.62. The van der Waals surface area contributed by atoms with Crippen molar-refractivity contribution in [1.29, 1.82) is 5.26 Å². The molecule has 1 nitrogen and oxygen atoms in total. The van der Waals surface area contributed by atoms with Crippen LogP contribution in [0, 0.1) is 17.2 Å². The Bertz CT molecular complexity index is 609. The van der Waals surface area contributed by atoms with Crippen molar-refractivity contribution >= 4 is 5.57 Å². The molecule has 0 fully saturated rings. The minimum atomic E-state index is 0.218. The van der Waals surface area contributed by atoms with Gasteiger partial charge in [-0.3, -0.25) is 0 Å². The lowest BCUT2D eigenvalue weighted by atomic mass is 9.63. The summed E-state index contributed by atoms with van der Waals surface area (Å²) >= 11 is 0. The standard InChI is InChI=1S/C20H27N/c1-14(2)16(9-12-21)15-7-8-17-18(13-15)20(5,6)11-10-19(17,3)4/h7-9,13-14H,10-11H2,1-6H3. The van der Waals surface area contributed by atoms with E-state index in [1.807, 2.05) is 0 Å². The third-order valence-corrected chi connectivity index (χ3v) is 5.03. The monoisotopic (exact) mass is 281 g/mol. The Morgan fingerprint density at radius 3 is 2.19 bits per heavy atom. The Labute approximate surface area is 129 Å². The fourth-order valence-corrected chi connectivity index (χ4v) is 3.42. The first-order valence-electron chi connectivity index (χ1n) is 7.94. The molecule has 1 aromatic rings. The van der Waals surface area contributed by atoms with Crippen molar-refractivity contribution in [3.05, 3.63) is 41.0 Å². The van der Waals surface area contributed by atoms with Gasteiger partial charge in [0.2, 0.25) is 0 Å². The third-order valence-electron chi connectivity index (χ3n) is 5.03. The van der Waals surface area contributed by atoms with E-state index in [-0.39, 0.29) is 10.8 Å². The minimum Gasteiger partial charge on any atom is -0.193 e. The van der Waals surface area contributed by atoms with Crippen LogP contribution in [0.25, 0.3) is 5.57 Å². The van der Waals surface area contributed by atoms with Gasteiger partial charge in [0.1, 0.15) is 0 Å². The Morgan fingerprint density at radius 2 is 1.67 bits per heavy atom. The van der Waals surface area contributed by atoms with Crippen LogP contribution in [-0.2, 0) is 10.8 Å². The van der Waals surface area contributed by atoms with Crippen LogP contribution >= 0.6 is 0 Å². The summed E-state index contributed by atoms with van der Waals surface area (Å²) in [5, 5.41) is 9.04. The molecule has 0 heterocycles. The number of nitrogens with zero attached hydrogens (tertiary/aromatic N) is 1. The highest BCUT2D eigenvalue weighted by molar-refractivity contribution is 5.70. The molecule has 112 valence electrons. The van der Waals surface area contributed by atoms with Gasteiger partial charge in [-0.2, -0.15) is 5.26 Å². The summed E-state index contributed by atoms with van der Waals surface area (Å²) in [7, 11) is 0. The summed E-state index contributed by atoms with van der Waals surface area (Å²) in [6, 6.07) is 9.03. The first-order valence-corrected chi connectivity index (χ1v) is 7.94. The zero-order valence-corrected chi connectivity index (χ0v) is 14.2. The smallest absolute Gasteiger partial charge is 0.0915 e. The lowest BCUT2D eigenvalue weighted by Crippen LogP contribution is -2.33. The van der Waals surface area contributed by atoms with Gasteiger partial charge in [0.15, 0.2) is 0 Å². The maximum Gasteiger partial charge on any atom is 0.0915 e. The molecular weight excluding hydrogens is 254 g/mol. The molecule has 2 rings (SSSR count). The van der Waals surface area contributed by atoms with Crippen molar-refractivity contribution < 1.29 is 0 Å². The Hall–Kier alpha value is -1.55. The first kappa shape index (κ1) is 15.8. The van der Waals surface area contributed by atoms with E-state index in [2.05, 4.69) is 65.8 Å². The number of hydrogen-bond acceptors (Lipinski definition) is 1. The Morgan fingerprint density at radius 1 is 1.10 bits per heavy atom. The predicted molar refractivity (Wildman–Crippen MR) is 90.2 cm³/mol. The van der Waals surface area contributed by atoms with E-state index >= 15 is 0 Å². The number of rotatable bonds is 2. The fraction of sp³-hybridized carbons (Fsp3) is 0.550. The molecule has 21 heavy (non-hydrogen) atoms. The second kappa shape index (κ2) is 5.34. The Kier molecular flexibility index (Phi) is 4.02. The number of fused-ring (bicyclic) bond motifs is 1. The molecule has 0 amide bonds. The van der Waals surface area contributed by atoms with Gasteiger partial charge in [-0.05, 0) is 51.9 Å². The maximum absolute atomic E-state index is 9.04. The van der Waals surface area contributed by atoms with Crippen LogP contribution in [-0.4, -0.2) is 0 Å². The van der Waals surface area contributed by atoms with Crippen LogP contribution in [0.5, 0.6) is 0 Å². The predicted octanol–water partition coefficient (Wildman–Crippen LogP) is 5.60. The molecule has 0 radical (unpaired) electrons. The van der Waals surface area contributed by atoms with E-state index in [0.717, 1.165) is 5.57 Å². The summed E-state index contributed by atoms with van der Waals surface area (Å²) < 4.78 is 0. The average Bonchev–Trinajstić information content (AvgIpc) is 2.41. The van der Waals surface area contributed by atoms with E-state index in [4.69, 9.17) is 5.26 Å². The van der Waals surface area contributed by atoms with E-state index in [1.54, 1.807) is 6.08 Å². The molecule has 0 unspecified atom stereocenters. The lowest BCUT2D eigenvalue weighted by Gasteiger charge is -2.42. The molecule has 0 aliphatic heterocycles. The van der Waals surface area contributed by atoms with Crippen molar-refractivity contribution in [2.45, 2.75) is 65.2 Å². The van der Waals surface area contributed by atoms with Crippen LogP contribution in [0.2, 0.25) is 0 Å². The molecule has 1 aromatic carbocycles. The molecule has 1 aliphatic carbocycles. The van der Waals surface area contributed by atoms with Gasteiger partial charge in [0, 0.05) is 6.08 Å². The zero-order valence-electron chi connectivity index (χ0n) is 14.2. The van der Waals surface area contributed by atoms with Gasteiger partial charge >= 0.3 is 0 Å². The molecule has 0 spiro atoms. The van der Waals surface area contributed by atoms with Crippen molar-refractivity contribution in [2.24, 2.45) is 5.92 Å². The topological polar surface area (TPSA) is 23.8 Å². The van der Waals surface area contributed by atoms with Gasteiger partial charge in [-0.15, -0.1) is 0 Å². The number of hydrogen-bond donors (Lipinski definition) is 0. The summed E-state index contributed by atoms with van der Waals surface area (Å²) in [5.41, 5.74) is 5.74. The molecule has 0 aromatic heterocycles. The highest BCUT2D eigenvalue weighted by atomic mass is 14.4. The summed E-state index contributed by atoms with van der Waals surface area (Å²) in [6.45, 7) is 13.7. The van der Waals surface area contributed by atoms with Crippen LogP contribution in [0.3, 0.4) is 0 Å². The largest absolute Gasteiger partial charge is 0.193 e. The van der Waals surface area contributed by atoms with Gasteiger partial charge in [0.05, 0.1) is 6.07 Å². The number of allylic oxidation sites excluding steroid dienone is 2. The van der Waals surface area contributed by atoms with E-state index in [1.165, 1.54) is 29.5 Å². The van der Waals surface area contributed by atoms with E-state index in [9.17, 15) is 0 Å². The van der Waals surface area contributed by atoms with Crippen LogP contribution in [0.4, 0.5) is 0 Å². The molecule has 0 saturated heterocycles. The summed E-state index contributed by atoms with van der Waals surface area (Å²) in [4.78, 5) is 0. The van der Waals surface area contributed by atoms with Gasteiger partial charge in [-0.1, -0.05) is 59.7 Å². The second-order valence-electron chi connectivity index (χ2n) is 7.91. The van der Waals surface area contributed by atoms with Gasteiger partial charge < -0.3 is 0 Å². The van der Waals surface area contributed by atoms with Crippen molar-refractivity contribution in [3.8, 4) is 6.07 Å². The lowest BCUT2D eigenvalue weighted by molar-refractivity contribution is 0.332. The summed E-state index contributed by atoms with van der Waals surface area (Å²) in [6.07, 6.45) is 4.15. The normalized spacial score (nSPS) is 20.0. The number of nitriles is 1. The minimum absolute atomic E-state index is 0.218. The maximum atomic E-state index is 9.04. The van der Waals surface area contributed by atoms with E-state index in [0.29, 0.717) is 5.92 Å². The fourth-order valence-electron chi connectivity index (χ4n) is 3.42. The summed E-state index contributed by atoms with van der Waals surface area (Å²) in [5.74, 6) is 0.363. The van der Waals surface area contributed by atoms with Crippen LogP contribution in [0.15, 0.2) is 24.3 Å².